The van der Waals surface area contributed by atoms with Gasteiger partial charge < -0.3 is 19.7 Å². The molecule has 0 spiro atoms. The first-order valence-corrected chi connectivity index (χ1v) is 10.4. The molecule has 7 rings (SSSR count). The molecule has 132 valence electrons. The molecule has 0 radical (unpaired) electrons. The second kappa shape index (κ2) is 4.39. The van der Waals surface area contributed by atoms with E-state index in [0.717, 1.165) is 36.5 Å². The van der Waals surface area contributed by atoms with Gasteiger partial charge in [-0.3, -0.25) is 0 Å². The fourth-order valence-electron chi connectivity index (χ4n) is 9.53. The van der Waals surface area contributed by atoms with Crippen LogP contribution in [0.25, 0.3) is 0 Å². The van der Waals surface area contributed by atoms with Crippen LogP contribution in [0.4, 0.5) is 0 Å². The lowest BCUT2D eigenvalue weighted by atomic mass is 9.53. The third kappa shape index (κ3) is 1.42. The van der Waals surface area contributed by atoms with Crippen molar-refractivity contribution >= 4 is 0 Å². The molecule has 2 aliphatic heterocycles. The highest BCUT2D eigenvalue weighted by Gasteiger charge is 2.71. The molecular weight excluding hydrogens is 304 g/mol. The maximum atomic E-state index is 10.9. The average Bonchev–Trinajstić information content (AvgIpc) is 3.27. The smallest absolute Gasteiger partial charge is 0.158 e. The van der Waals surface area contributed by atoms with Gasteiger partial charge in [0.1, 0.15) is 0 Å². The van der Waals surface area contributed by atoms with Gasteiger partial charge in [-0.1, -0.05) is 0 Å². The molecule has 24 heavy (non-hydrogen) atoms. The third-order valence-corrected chi connectivity index (χ3v) is 9.79. The minimum atomic E-state index is -0.684. The molecule has 0 aromatic heterocycles. The number of rotatable bonds is 0. The third-order valence-electron chi connectivity index (χ3n) is 9.79. The second-order valence-electron chi connectivity index (χ2n) is 10.1. The Labute approximate surface area is 142 Å². The SMILES string of the molecule is O[C@@H]1O[C@@H]2CC[C@@H]3C[C@H]4[C@H]5C[C@H]6CC[C@H]7O[C@H](O)[C@H]([C@@H]5[C@@H]67)[C@@H]1[C@H]4[C@@H]32. The molecule has 5 saturated carbocycles. The molecule has 7 fully saturated rings. The molecule has 2 heterocycles. The summed E-state index contributed by atoms with van der Waals surface area (Å²) >= 11 is 0. The van der Waals surface area contributed by atoms with Crippen molar-refractivity contribution in [3.8, 4) is 0 Å². The molecule has 2 N–H and O–H groups in total. The van der Waals surface area contributed by atoms with Crippen molar-refractivity contribution in [2.24, 2.45) is 59.2 Å². The van der Waals surface area contributed by atoms with Gasteiger partial charge in [0, 0.05) is 11.8 Å². The van der Waals surface area contributed by atoms with Gasteiger partial charge in [-0.15, -0.1) is 0 Å². The number of aliphatic hydroxyl groups excluding tert-OH is 2. The van der Waals surface area contributed by atoms with Crippen molar-refractivity contribution < 1.29 is 19.7 Å². The summed E-state index contributed by atoms with van der Waals surface area (Å²) in [5.41, 5.74) is 0. The molecule has 0 bridgehead atoms. The Bertz CT molecular complexity index is 530. The van der Waals surface area contributed by atoms with Gasteiger partial charge >= 0.3 is 0 Å². The Morgan fingerprint density at radius 1 is 0.542 bits per heavy atom. The van der Waals surface area contributed by atoms with Gasteiger partial charge in [-0.05, 0) is 85.9 Å². The maximum absolute atomic E-state index is 10.9. The minimum absolute atomic E-state index is 0.107. The van der Waals surface area contributed by atoms with Gasteiger partial charge in [0.15, 0.2) is 12.6 Å². The van der Waals surface area contributed by atoms with Crippen LogP contribution < -0.4 is 0 Å². The van der Waals surface area contributed by atoms with E-state index in [1.54, 1.807) is 0 Å². The number of hydrogen-bond donors (Lipinski definition) is 2. The molecule has 0 aromatic carbocycles. The second-order valence-corrected chi connectivity index (χ2v) is 10.1. The first-order valence-electron chi connectivity index (χ1n) is 10.4. The van der Waals surface area contributed by atoms with E-state index in [1.807, 2.05) is 0 Å². The van der Waals surface area contributed by atoms with Crippen molar-refractivity contribution in [3.05, 3.63) is 0 Å². The van der Waals surface area contributed by atoms with Crippen molar-refractivity contribution in [2.45, 2.75) is 63.3 Å². The number of hydrogen-bond acceptors (Lipinski definition) is 4. The lowest BCUT2D eigenvalue weighted by Crippen LogP contribution is -2.61. The Morgan fingerprint density at radius 2 is 1.00 bits per heavy atom. The molecule has 0 amide bonds. The van der Waals surface area contributed by atoms with Gasteiger partial charge in [-0.25, -0.2) is 0 Å². The maximum Gasteiger partial charge on any atom is 0.158 e. The summed E-state index contributed by atoms with van der Waals surface area (Å²) in [5.74, 6) is 5.85. The van der Waals surface area contributed by atoms with E-state index in [4.69, 9.17) is 9.47 Å². The molecule has 14 atom stereocenters. The van der Waals surface area contributed by atoms with Gasteiger partial charge in [-0.2, -0.15) is 0 Å². The summed E-state index contributed by atoms with van der Waals surface area (Å²) < 4.78 is 12.2. The quantitative estimate of drug-likeness (QED) is 0.712. The molecule has 2 saturated heterocycles. The summed E-state index contributed by atoms with van der Waals surface area (Å²) in [6.07, 6.45) is 6.78. The number of fused-ring (bicyclic) bond motifs is 2. The molecule has 0 unspecified atom stereocenters. The van der Waals surface area contributed by atoms with Crippen LogP contribution in [-0.4, -0.2) is 35.0 Å². The van der Waals surface area contributed by atoms with Crippen LogP contribution in [0.5, 0.6) is 0 Å². The predicted octanol–water partition coefficient (Wildman–Crippen LogP) is 1.99. The summed E-state index contributed by atoms with van der Waals surface area (Å²) in [7, 11) is 0. The molecule has 4 heteroatoms. The molecule has 4 nitrogen and oxygen atoms in total. The van der Waals surface area contributed by atoms with E-state index in [1.165, 1.54) is 25.7 Å². The van der Waals surface area contributed by atoms with Crippen molar-refractivity contribution in [3.63, 3.8) is 0 Å². The van der Waals surface area contributed by atoms with E-state index in [0.29, 0.717) is 23.7 Å². The summed E-state index contributed by atoms with van der Waals surface area (Å²) in [5, 5.41) is 21.8. The van der Waals surface area contributed by atoms with Crippen LogP contribution in [0.1, 0.15) is 38.5 Å². The number of ether oxygens (including phenoxy) is 2. The van der Waals surface area contributed by atoms with Crippen LogP contribution in [0.2, 0.25) is 0 Å². The van der Waals surface area contributed by atoms with Crippen LogP contribution in [-0.2, 0) is 9.47 Å². The molecule has 7 aliphatic rings. The molecule has 5 aliphatic carbocycles. The Balaban J connectivity index is 1.38. The predicted molar refractivity (Wildman–Crippen MR) is 84.4 cm³/mol. The minimum Gasteiger partial charge on any atom is -0.368 e. The lowest BCUT2D eigenvalue weighted by molar-refractivity contribution is -0.317. The fraction of sp³-hybridized carbons (Fsp3) is 1.00. The van der Waals surface area contributed by atoms with Crippen LogP contribution >= 0.6 is 0 Å². The molecular formula is C20H28O4. The monoisotopic (exact) mass is 332 g/mol. The lowest BCUT2D eigenvalue weighted by Gasteiger charge is -2.58. The zero-order chi connectivity index (χ0) is 15.7. The number of aliphatic hydroxyl groups is 2. The van der Waals surface area contributed by atoms with E-state index >= 15 is 0 Å². The van der Waals surface area contributed by atoms with Crippen LogP contribution in [0.3, 0.4) is 0 Å². The highest BCUT2D eigenvalue weighted by molar-refractivity contribution is 5.16. The largest absolute Gasteiger partial charge is 0.368 e. The topological polar surface area (TPSA) is 58.9 Å². The summed E-state index contributed by atoms with van der Waals surface area (Å²) in [4.78, 5) is 0. The Hall–Kier alpha value is -0.160. The van der Waals surface area contributed by atoms with Crippen molar-refractivity contribution in [1.29, 1.82) is 0 Å². The summed E-state index contributed by atoms with van der Waals surface area (Å²) in [6, 6.07) is 0. The first kappa shape index (κ1) is 14.0. The summed E-state index contributed by atoms with van der Waals surface area (Å²) in [6.45, 7) is 0. The van der Waals surface area contributed by atoms with Gasteiger partial charge in [0.05, 0.1) is 12.2 Å². The van der Waals surface area contributed by atoms with Crippen molar-refractivity contribution in [2.75, 3.05) is 0 Å². The Morgan fingerprint density at radius 3 is 1.46 bits per heavy atom. The average molecular weight is 332 g/mol. The molecule has 0 aromatic rings. The van der Waals surface area contributed by atoms with Crippen LogP contribution in [0, 0.1) is 59.2 Å². The van der Waals surface area contributed by atoms with E-state index in [-0.39, 0.29) is 24.0 Å². The van der Waals surface area contributed by atoms with Gasteiger partial charge in [0.25, 0.3) is 0 Å². The van der Waals surface area contributed by atoms with Crippen molar-refractivity contribution in [1.82, 2.24) is 0 Å². The standard InChI is InChI=1S/C20H28O4/c21-19-17-15-9(5-7-1-3-11(23-19)13(7)15)10-6-8-2-4-12-14(8)16(10)18(17)20(22)24-12/h7-22H,1-6H2/t7-,8-,9-,10+,11-,12-,13+,14+,15+,16-,17-,18+,19+,20-/m1/s1. The fourth-order valence-corrected chi connectivity index (χ4v) is 9.53. The first-order chi connectivity index (χ1) is 11.7. The van der Waals surface area contributed by atoms with Gasteiger partial charge in [0.2, 0.25) is 0 Å². The van der Waals surface area contributed by atoms with E-state index < -0.39 is 12.6 Å². The van der Waals surface area contributed by atoms with Crippen LogP contribution in [0.15, 0.2) is 0 Å². The zero-order valence-corrected chi connectivity index (χ0v) is 14.0. The van der Waals surface area contributed by atoms with E-state index in [9.17, 15) is 10.2 Å². The zero-order valence-electron chi connectivity index (χ0n) is 14.0. The Kier molecular flexibility index (Phi) is 2.55. The van der Waals surface area contributed by atoms with E-state index in [2.05, 4.69) is 0 Å². The highest BCUT2D eigenvalue weighted by atomic mass is 16.6. The highest BCUT2D eigenvalue weighted by Crippen LogP contribution is 2.72. The normalized spacial score (nSPS) is 71.2.